The van der Waals surface area contributed by atoms with Crippen molar-refractivity contribution in [2.75, 3.05) is 48.9 Å². The molecule has 0 aliphatic carbocycles. The Bertz CT molecular complexity index is 1040. The number of fused-ring (bicyclic) bond motifs is 1. The molecule has 0 saturated heterocycles. The van der Waals surface area contributed by atoms with Crippen molar-refractivity contribution >= 4 is 23.1 Å². The van der Waals surface area contributed by atoms with Crippen molar-refractivity contribution in [1.29, 1.82) is 0 Å². The molecule has 31 heavy (non-hydrogen) atoms. The summed E-state index contributed by atoms with van der Waals surface area (Å²) in [5.41, 5.74) is 7.48. The number of benzene rings is 1. The zero-order chi connectivity index (χ0) is 22.5. The average molecular weight is 430 g/mol. The number of hydrogen-bond donors (Lipinski definition) is 2. The lowest BCUT2D eigenvalue weighted by atomic mass is 10.2. The van der Waals surface area contributed by atoms with Crippen molar-refractivity contribution in [3.05, 3.63) is 50.7 Å². The van der Waals surface area contributed by atoms with Crippen LogP contribution in [-0.4, -0.2) is 48.8 Å². The SMILES string of the molecule is COCCN(CCC(=O)N1CCc2ccccc21)c1c(N)n(CC(C)C)c(=O)[nH]c1=O. The Kier molecular flexibility index (Phi) is 7.17. The van der Waals surface area contributed by atoms with Crippen LogP contribution >= 0.6 is 0 Å². The average Bonchev–Trinajstić information content (AvgIpc) is 3.16. The van der Waals surface area contributed by atoms with E-state index < -0.39 is 11.2 Å². The first-order chi connectivity index (χ1) is 14.8. The van der Waals surface area contributed by atoms with E-state index in [-0.39, 0.29) is 36.3 Å². The summed E-state index contributed by atoms with van der Waals surface area (Å²) in [7, 11) is 1.57. The van der Waals surface area contributed by atoms with Crippen molar-refractivity contribution in [1.82, 2.24) is 9.55 Å². The monoisotopic (exact) mass is 429 g/mol. The van der Waals surface area contributed by atoms with Crippen LogP contribution in [0.15, 0.2) is 33.9 Å². The fraction of sp³-hybridized carbons (Fsp3) is 0.500. The lowest BCUT2D eigenvalue weighted by molar-refractivity contribution is -0.118. The highest BCUT2D eigenvalue weighted by atomic mass is 16.5. The molecule has 0 radical (unpaired) electrons. The Labute approximate surface area is 181 Å². The van der Waals surface area contributed by atoms with Crippen LogP contribution in [0.2, 0.25) is 0 Å². The number of carbonyl (C=O) groups is 1. The molecule has 3 rings (SSSR count). The van der Waals surface area contributed by atoms with Crippen LogP contribution in [0, 0.1) is 5.92 Å². The van der Waals surface area contributed by atoms with Crippen LogP contribution in [0.1, 0.15) is 25.8 Å². The minimum atomic E-state index is -0.558. The van der Waals surface area contributed by atoms with Gasteiger partial charge in [0.15, 0.2) is 0 Å². The number of nitrogens with two attached hydrogens (primary N) is 1. The minimum Gasteiger partial charge on any atom is -0.383 e. The Balaban J connectivity index is 1.84. The molecule has 1 aromatic carbocycles. The molecule has 2 aromatic rings. The second-order valence-corrected chi connectivity index (χ2v) is 8.15. The highest BCUT2D eigenvalue weighted by Crippen LogP contribution is 2.28. The first kappa shape index (κ1) is 22.6. The van der Waals surface area contributed by atoms with Gasteiger partial charge in [-0.3, -0.25) is 19.1 Å². The van der Waals surface area contributed by atoms with E-state index in [9.17, 15) is 14.4 Å². The quantitative estimate of drug-likeness (QED) is 0.619. The van der Waals surface area contributed by atoms with Gasteiger partial charge < -0.3 is 20.3 Å². The summed E-state index contributed by atoms with van der Waals surface area (Å²) < 4.78 is 6.56. The molecule has 0 spiro atoms. The van der Waals surface area contributed by atoms with E-state index in [0.717, 1.165) is 17.7 Å². The van der Waals surface area contributed by atoms with Gasteiger partial charge in [-0.2, -0.15) is 0 Å². The predicted molar refractivity (Wildman–Crippen MR) is 122 cm³/mol. The standard InChI is InChI=1S/C22H31N5O4/c1-15(2)14-27-20(23)19(21(29)24-22(27)30)25(12-13-31-3)10-9-18(28)26-11-8-16-6-4-5-7-17(16)26/h4-7,15H,8-14,23H2,1-3H3,(H,24,29,30). The number of nitrogens with zero attached hydrogens (tertiary/aromatic N) is 3. The number of aromatic nitrogens is 2. The molecule has 0 bridgehead atoms. The maximum absolute atomic E-state index is 12.9. The van der Waals surface area contributed by atoms with Gasteiger partial charge in [0.1, 0.15) is 11.5 Å². The third-order valence-corrected chi connectivity index (χ3v) is 5.43. The highest BCUT2D eigenvalue weighted by molar-refractivity contribution is 5.95. The highest BCUT2D eigenvalue weighted by Gasteiger charge is 2.25. The third-order valence-electron chi connectivity index (χ3n) is 5.43. The van der Waals surface area contributed by atoms with Gasteiger partial charge in [0.05, 0.1) is 6.61 Å². The Morgan fingerprint density at radius 2 is 2.00 bits per heavy atom. The molecule has 9 nitrogen and oxygen atoms in total. The first-order valence-corrected chi connectivity index (χ1v) is 10.6. The molecule has 1 amide bonds. The molecule has 168 valence electrons. The fourth-order valence-corrected chi connectivity index (χ4v) is 3.93. The Morgan fingerprint density at radius 1 is 1.26 bits per heavy atom. The number of nitrogens with one attached hydrogen (secondary N) is 1. The van der Waals surface area contributed by atoms with E-state index >= 15 is 0 Å². The predicted octanol–water partition coefficient (Wildman–Crippen LogP) is 1.21. The molecule has 9 heteroatoms. The fourth-order valence-electron chi connectivity index (χ4n) is 3.93. The second-order valence-electron chi connectivity index (χ2n) is 8.15. The second kappa shape index (κ2) is 9.82. The van der Waals surface area contributed by atoms with Crippen LogP contribution in [0.4, 0.5) is 17.2 Å². The normalized spacial score (nSPS) is 13.0. The van der Waals surface area contributed by atoms with E-state index in [2.05, 4.69) is 4.98 Å². The van der Waals surface area contributed by atoms with E-state index in [4.69, 9.17) is 10.5 Å². The molecule has 3 N–H and O–H groups in total. The van der Waals surface area contributed by atoms with Crippen LogP contribution in [0.25, 0.3) is 0 Å². The summed E-state index contributed by atoms with van der Waals surface area (Å²) in [6.45, 7) is 5.97. The maximum Gasteiger partial charge on any atom is 0.330 e. The number of hydrogen-bond acceptors (Lipinski definition) is 6. The molecule has 0 atom stereocenters. The first-order valence-electron chi connectivity index (χ1n) is 10.6. The molecule has 1 aliphatic heterocycles. The molecule has 2 heterocycles. The number of ether oxygens (including phenoxy) is 1. The number of aromatic amines is 1. The van der Waals surface area contributed by atoms with E-state index in [1.807, 2.05) is 38.1 Å². The molecular weight excluding hydrogens is 398 g/mol. The summed E-state index contributed by atoms with van der Waals surface area (Å²) in [5.74, 6) is 0.262. The smallest absolute Gasteiger partial charge is 0.330 e. The van der Waals surface area contributed by atoms with Crippen LogP contribution < -0.4 is 26.8 Å². The van der Waals surface area contributed by atoms with Gasteiger partial charge in [0, 0.05) is 45.4 Å². The summed E-state index contributed by atoms with van der Waals surface area (Å²) in [4.78, 5) is 43.7. The van der Waals surface area contributed by atoms with Gasteiger partial charge in [0.2, 0.25) is 5.91 Å². The zero-order valence-corrected chi connectivity index (χ0v) is 18.4. The Hall–Kier alpha value is -3.07. The van der Waals surface area contributed by atoms with Gasteiger partial charge in [0.25, 0.3) is 5.56 Å². The van der Waals surface area contributed by atoms with Crippen molar-refractivity contribution in [3.63, 3.8) is 0 Å². The molecule has 1 aromatic heterocycles. The van der Waals surface area contributed by atoms with Gasteiger partial charge in [-0.05, 0) is 24.0 Å². The van der Waals surface area contributed by atoms with E-state index in [0.29, 0.717) is 26.2 Å². The number of para-hydroxylation sites is 1. The lowest BCUT2D eigenvalue weighted by Crippen LogP contribution is -2.41. The van der Waals surface area contributed by atoms with Crippen LogP contribution in [0.5, 0.6) is 0 Å². The maximum atomic E-state index is 12.9. The number of methoxy groups -OCH3 is 1. The topological polar surface area (TPSA) is 114 Å². The molecule has 0 unspecified atom stereocenters. The molecule has 0 saturated carbocycles. The number of amides is 1. The van der Waals surface area contributed by atoms with E-state index in [1.165, 1.54) is 4.57 Å². The lowest BCUT2D eigenvalue weighted by Gasteiger charge is -2.27. The number of anilines is 3. The summed E-state index contributed by atoms with van der Waals surface area (Å²) in [5, 5.41) is 0. The largest absolute Gasteiger partial charge is 0.383 e. The van der Waals surface area contributed by atoms with Crippen molar-refractivity contribution < 1.29 is 9.53 Å². The third kappa shape index (κ3) is 4.99. The number of carbonyl (C=O) groups excluding carboxylic acids is 1. The van der Waals surface area contributed by atoms with Gasteiger partial charge >= 0.3 is 5.69 Å². The van der Waals surface area contributed by atoms with Crippen LogP contribution in [-0.2, 0) is 22.5 Å². The number of rotatable bonds is 9. The molecule has 1 aliphatic rings. The molecule has 0 fully saturated rings. The number of nitrogen functional groups attached to an aromatic ring is 1. The summed E-state index contributed by atoms with van der Waals surface area (Å²) in [6, 6.07) is 7.88. The zero-order valence-electron chi connectivity index (χ0n) is 18.4. The van der Waals surface area contributed by atoms with Gasteiger partial charge in [-0.25, -0.2) is 4.79 Å². The van der Waals surface area contributed by atoms with Crippen molar-refractivity contribution in [2.45, 2.75) is 33.2 Å². The van der Waals surface area contributed by atoms with E-state index in [1.54, 1.807) is 16.9 Å². The van der Waals surface area contributed by atoms with Gasteiger partial charge in [-0.1, -0.05) is 32.0 Å². The van der Waals surface area contributed by atoms with Crippen molar-refractivity contribution in [3.8, 4) is 0 Å². The number of H-pyrrole nitrogens is 1. The van der Waals surface area contributed by atoms with Crippen LogP contribution in [0.3, 0.4) is 0 Å². The van der Waals surface area contributed by atoms with Crippen molar-refractivity contribution in [2.24, 2.45) is 5.92 Å². The minimum absolute atomic E-state index is 0.0159. The summed E-state index contributed by atoms with van der Waals surface area (Å²) in [6.07, 6.45) is 1.04. The molecular formula is C22H31N5O4. The summed E-state index contributed by atoms with van der Waals surface area (Å²) >= 11 is 0. The Morgan fingerprint density at radius 3 is 2.71 bits per heavy atom. The van der Waals surface area contributed by atoms with Gasteiger partial charge in [-0.15, -0.1) is 0 Å².